The number of likely N-dealkylation sites (tertiary alicyclic amines) is 1. The van der Waals surface area contributed by atoms with Gasteiger partial charge in [-0.15, -0.1) is 0 Å². The average Bonchev–Trinajstić information content (AvgIpc) is 2.81. The number of hydrogen-bond donors (Lipinski definition) is 0. The summed E-state index contributed by atoms with van der Waals surface area (Å²) in [5, 5.41) is 0.567. The van der Waals surface area contributed by atoms with E-state index in [9.17, 15) is 4.79 Å². The minimum Gasteiger partial charge on any atom is -0.496 e. The molecule has 0 N–H and O–H groups in total. The minimum atomic E-state index is -0.0202. The van der Waals surface area contributed by atoms with Crippen LogP contribution in [0.1, 0.15) is 13.3 Å². The summed E-state index contributed by atoms with van der Waals surface area (Å²) in [7, 11) is 3.70. The highest BCUT2D eigenvalue weighted by molar-refractivity contribution is 5.83. The van der Waals surface area contributed by atoms with Crippen molar-refractivity contribution in [1.82, 2.24) is 14.5 Å². The Balaban J connectivity index is 2.04. The lowest BCUT2D eigenvalue weighted by atomic mass is 9.90. The van der Waals surface area contributed by atoms with Crippen LogP contribution >= 0.6 is 0 Å². The molecule has 21 heavy (non-hydrogen) atoms. The first-order valence-corrected chi connectivity index (χ1v) is 7.23. The molecule has 0 bridgehead atoms. The molecule has 1 aromatic carbocycles. The van der Waals surface area contributed by atoms with Gasteiger partial charge in [0.15, 0.2) is 0 Å². The van der Waals surface area contributed by atoms with E-state index in [0.29, 0.717) is 23.2 Å². The van der Waals surface area contributed by atoms with Crippen LogP contribution in [0.5, 0.6) is 5.75 Å². The van der Waals surface area contributed by atoms with Crippen LogP contribution in [0, 0.1) is 5.41 Å². The van der Waals surface area contributed by atoms with Crippen molar-refractivity contribution in [3.05, 3.63) is 34.9 Å². The zero-order valence-electron chi connectivity index (χ0n) is 12.8. The molecule has 5 nitrogen and oxygen atoms in total. The molecule has 1 fully saturated rings. The Labute approximate surface area is 124 Å². The second-order valence-corrected chi connectivity index (χ2v) is 6.33. The standard InChI is InChI=1S/C16H21N3O2/c1-16(7-8-18(2)9-16)10-19-11-17-12-5-4-6-13(21-3)14(12)15(19)20/h4-6,11H,7-10H2,1-3H3. The molecule has 1 atom stereocenters. The number of fused-ring (bicyclic) bond motifs is 1. The van der Waals surface area contributed by atoms with Crippen LogP contribution in [0.15, 0.2) is 29.3 Å². The molecule has 5 heteroatoms. The molecule has 1 aliphatic rings. The third-order valence-electron chi connectivity index (χ3n) is 4.34. The molecule has 112 valence electrons. The SMILES string of the molecule is COc1cccc2ncn(CC3(C)CCN(C)C3)c(=O)c12. The van der Waals surface area contributed by atoms with Crippen molar-refractivity contribution in [3.8, 4) is 5.75 Å². The van der Waals surface area contributed by atoms with Gasteiger partial charge >= 0.3 is 0 Å². The molecule has 3 rings (SSSR count). The van der Waals surface area contributed by atoms with E-state index in [1.54, 1.807) is 24.1 Å². The predicted molar refractivity (Wildman–Crippen MR) is 82.8 cm³/mol. The van der Waals surface area contributed by atoms with Crippen LogP contribution in [0.25, 0.3) is 10.9 Å². The van der Waals surface area contributed by atoms with Crippen molar-refractivity contribution in [2.45, 2.75) is 19.9 Å². The van der Waals surface area contributed by atoms with E-state index in [-0.39, 0.29) is 11.0 Å². The number of hydrogen-bond acceptors (Lipinski definition) is 4. The quantitative estimate of drug-likeness (QED) is 0.863. The van der Waals surface area contributed by atoms with Gasteiger partial charge in [-0.05, 0) is 37.6 Å². The second kappa shape index (κ2) is 5.15. The van der Waals surface area contributed by atoms with Crippen molar-refractivity contribution in [2.24, 2.45) is 5.41 Å². The summed E-state index contributed by atoms with van der Waals surface area (Å²) < 4.78 is 7.04. The van der Waals surface area contributed by atoms with Gasteiger partial charge in [-0.2, -0.15) is 0 Å². The number of rotatable bonds is 3. The Morgan fingerprint density at radius 3 is 2.90 bits per heavy atom. The summed E-state index contributed by atoms with van der Waals surface area (Å²) in [6, 6.07) is 5.50. The molecule has 2 heterocycles. The Hall–Kier alpha value is -1.88. The number of nitrogens with zero attached hydrogens (tertiary/aromatic N) is 3. The van der Waals surface area contributed by atoms with Crippen molar-refractivity contribution < 1.29 is 4.74 Å². The van der Waals surface area contributed by atoms with Gasteiger partial charge in [0.1, 0.15) is 11.1 Å². The third-order valence-corrected chi connectivity index (χ3v) is 4.34. The lowest BCUT2D eigenvalue weighted by molar-refractivity contribution is 0.265. The third kappa shape index (κ3) is 2.53. The van der Waals surface area contributed by atoms with Crippen molar-refractivity contribution >= 4 is 10.9 Å². The molecule has 0 spiro atoms. The van der Waals surface area contributed by atoms with Gasteiger partial charge < -0.3 is 9.64 Å². The fraction of sp³-hybridized carbons (Fsp3) is 0.500. The van der Waals surface area contributed by atoms with Crippen LogP contribution < -0.4 is 10.3 Å². The Morgan fingerprint density at radius 2 is 2.24 bits per heavy atom. The fourth-order valence-corrected chi connectivity index (χ4v) is 3.26. The van der Waals surface area contributed by atoms with Crippen molar-refractivity contribution in [1.29, 1.82) is 0 Å². The molecule has 1 unspecified atom stereocenters. The second-order valence-electron chi connectivity index (χ2n) is 6.33. The highest BCUT2D eigenvalue weighted by atomic mass is 16.5. The Morgan fingerprint density at radius 1 is 1.43 bits per heavy atom. The van der Waals surface area contributed by atoms with Crippen molar-refractivity contribution in [3.63, 3.8) is 0 Å². The summed E-state index contributed by atoms with van der Waals surface area (Å²) in [6.45, 7) is 5.01. The Kier molecular flexibility index (Phi) is 3.45. The molecule has 1 saturated heterocycles. The number of ether oxygens (including phenoxy) is 1. The summed E-state index contributed by atoms with van der Waals surface area (Å²) in [4.78, 5) is 19.5. The maximum absolute atomic E-state index is 12.7. The van der Waals surface area contributed by atoms with E-state index in [4.69, 9.17) is 4.74 Å². The fourth-order valence-electron chi connectivity index (χ4n) is 3.26. The first-order chi connectivity index (χ1) is 10.0. The minimum absolute atomic E-state index is 0.0202. The molecule has 0 radical (unpaired) electrons. The van der Waals surface area contributed by atoms with Gasteiger partial charge in [0.05, 0.1) is 19.0 Å². The lowest BCUT2D eigenvalue weighted by Gasteiger charge is -2.24. The molecule has 0 amide bonds. The first kappa shape index (κ1) is 14.1. The van der Waals surface area contributed by atoms with Gasteiger partial charge in [0, 0.05) is 13.1 Å². The summed E-state index contributed by atoms with van der Waals surface area (Å²) in [5.41, 5.74) is 0.785. The smallest absolute Gasteiger partial charge is 0.264 e. The van der Waals surface area contributed by atoms with Gasteiger partial charge in [0.2, 0.25) is 0 Å². The van der Waals surface area contributed by atoms with Crippen LogP contribution in [-0.4, -0.2) is 41.7 Å². The van der Waals surface area contributed by atoms with E-state index in [1.807, 2.05) is 12.1 Å². The zero-order chi connectivity index (χ0) is 15.0. The largest absolute Gasteiger partial charge is 0.496 e. The van der Waals surface area contributed by atoms with Crippen LogP contribution in [0.2, 0.25) is 0 Å². The van der Waals surface area contributed by atoms with E-state index in [0.717, 1.165) is 19.5 Å². The predicted octanol–water partition coefficient (Wildman–Crippen LogP) is 1.75. The van der Waals surface area contributed by atoms with Crippen LogP contribution in [0.4, 0.5) is 0 Å². The van der Waals surface area contributed by atoms with E-state index < -0.39 is 0 Å². The first-order valence-electron chi connectivity index (χ1n) is 7.23. The molecular formula is C16H21N3O2. The van der Waals surface area contributed by atoms with E-state index >= 15 is 0 Å². The van der Waals surface area contributed by atoms with E-state index in [2.05, 4.69) is 23.9 Å². The maximum Gasteiger partial charge on any atom is 0.264 e. The molecule has 2 aromatic rings. The van der Waals surface area contributed by atoms with E-state index in [1.165, 1.54) is 0 Å². The molecule has 0 aliphatic carbocycles. The van der Waals surface area contributed by atoms with Gasteiger partial charge in [-0.3, -0.25) is 9.36 Å². The average molecular weight is 287 g/mol. The van der Waals surface area contributed by atoms with Gasteiger partial charge in [-0.1, -0.05) is 13.0 Å². The summed E-state index contributed by atoms with van der Waals surface area (Å²) in [5.74, 6) is 0.591. The van der Waals surface area contributed by atoms with Gasteiger partial charge in [0.25, 0.3) is 5.56 Å². The monoisotopic (exact) mass is 287 g/mol. The maximum atomic E-state index is 12.7. The molecule has 0 saturated carbocycles. The van der Waals surface area contributed by atoms with Crippen LogP contribution in [0.3, 0.4) is 0 Å². The highest BCUT2D eigenvalue weighted by Gasteiger charge is 2.32. The van der Waals surface area contributed by atoms with Crippen molar-refractivity contribution in [2.75, 3.05) is 27.2 Å². The summed E-state index contributed by atoms with van der Waals surface area (Å²) in [6.07, 6.45) is 2.76. The van der Waals surface area contributed by atoms with Gasteiger partial charge in [-0.25, -0.2) is 4.98 Å². The van der Waals surface area contributed by atoms with Crippen LogP contribution in [-0.2, 0) is 6.54 Å². The number of methoxy groups -OCH3 is 1. The normalized spacial score (nSPS) is 22.8. The topological polar surface area (TPSA) is 47.4 Å². The highest BCUT2D eigenvalue weighted by Crippen LogP contribution is 2.30. The Bertz CT molecular complexity index is 725. The molecule has 1 aliphatic heterocycles. The number of aromatic nitrogens is 2. The summed E-state index contributed by atoms with van der Waals surface area (Å²) >= 11 is 0. The lowest BCUT2D eigenvalue weighted by Crippen LogP contribution is -2.32. The molecule has 1 aromatic heterocycles. The molecular weight excluding hydrogens is 266 g/mol. The number of benzene rings is 1. The zero-order valence-corrected chi connectivity index (χ0v) is 12.8.